The number of carbonyl (C=O) groups excluding carboxylic acids is 2. The van der Waals surface area contributed by atoms with Crippen LogP contribution in [0.25, 0.3) is 0 Å². The summed E-state index contributed by atoms with van der Waals surface area (Å²) in [4.78, 5) is 36.3. The van der Waals surface area contributed by atoms with Gasteiger partial charge in [0.2, 0.25) is 11.9 Å². The number of rotatable bonds is 6. The Morgan fingerprint density at radius 2 is 1.80 bits per heavy atom. The highest BCUT2D eigenvalue weighted by atomic mass is 32.2. The Morgan fingerprint density at radius 1 is 1.03 bits per heavy atom. The summed E-state index contributed by atoms with van der Waals surface area (Å²) in [5, 5.41) is 5.78. The molecule has 2 amide bonds. The van der Waals surface area contributed by atoms with Crippen LogP contribution < -0.4 is 15.5 Å². The summed E-state index contributed by atoms with van der Waals surface area (Å²) in [5.74, 6) is -0.0439. The monoisotopic (exact) mass is 493 g/mol. The molecular formula is C25H27N5O4S. The average Bonchev–Trinajstić information content (AvgIpc) is 2.86. The van der Waals surface area contributed by atoms with Crippen LogP contribution in [0.3, 0.4) is 0 Å². The summed E-state index contributed by atoms with van der Waals surface area (Å²) in [7, 11) is -3.42. The van der Waals surface area contributed by atoms with Gasteiger partial charge in [-0.25, -0.2) is 18.4 Å². The normalized spacial score (nSPS) is 15.9. The van der Waals surface area contributed by atoms with Crippen molar-refractivity contribution in [2.75, 3.05) is 34.9 Å². The molecule has 2 aromatic carbocycles. The molecule has 2 N–H and O–H groups in total. The molecule has 1 atom stereocenters. The van der Waals surface area contributed by atoms with Crippen LogP contribution in [0.1, 0.15) is 28.8 Å². The molecule has 182 valence electrons. The minimum atomic E-state index is -3.42. The van der Waals surface area contributed by atoms with E-state index in [9.17, 15) is 18.0 Å². The van der Waals surface area contributed by atoms with E-state index in [1.165, 1.54) is 18.2 Å². The van der Waals surface area contributed by atoms with Crippen LogP contribution in [0.5, 0.6) is 0 Å². The molecular weight excluding hydrogens is 466 g/mol. The first-order valence-corrected chi connectivity index (χ1v) is 13.1. The van der Waals surface area contributed by atoms with Gasteiger partial charge in [-0.3, -0.25) is 9.59 Å². The molecule has 1 fully saturated rings. The Labute approximate surface area is 204 Å². The topological polar surface area (TPSA) is 121 Å². The second-order valence-electron chi connectivity index (χ2n) is 8.61. The van der Waals surface area contributed by atoms with Gasteiger partial charge in [-0.1, -0.05) is 6.07 Å². The van der Waals surface area contributed by atoms with Gasteiger partial charge in [-0.15, -0.1) is 0 Å². The molecule has 2 heterocycles. The molecule has 1 aromatic heterocycles. The van der Waals surface area contributed by atoms with Crippen molar-refractivity contribution in [1.82, 2.24) is 9.97 Å². The number of piperidine rings is 1. The zero-order valence-corrected chi connectivity index (χ0v) is 20.4. The fraction of sp³-hybridized carbons (Fsp3) is 0.280. The smallest absolute Gasteiger partial charge is 0.255 e. The third-order valence-electron chi connectivity index (χ3n) is 5.89. The maximum absolute atomic E-state index is 12.9. The number of amides is 2. The van der Waals surface area contributed by atoms with E-state index in [0.29, 0.717) is 23.9 Å². The Kier molecular flexibility index (Phi) is 7.11. The molecule has 0 spiro atoms. The maximum Gasteiger partial charge on any atom is 0.255 e. The van der Waals surface area contributed by atoms with Crippen molar-refractivity contribution in [3.63, 3.8) is 0 Å². The maximum atomic E-state index is 12.9. The molecule has 0 bridgehead atoms. The van der Waals surface area contributed by atoms with E-state index in [2.05, 4.69) is 20.6 Å². The van der Waals surface area contributed by atoms with E-state index in [1.807, 2.05) is 11.8 Å². The third-order valence-corrected chi connectivity index (χ3v) is 7.00. The predicted molar refractivity (Wildman–Crippen MR) is 134 cm³/mol. The van der Waals surface area contributed by atoms with Crippen molar-refractivity contribution < 1.29 is 18.0 Å². The Hall–Kier alpha value is -3.79. The molecule has 35 heavy (non-hydrogen) atoms. The number of nitrogens with one attached hydrogen (secondary N) is 2. The van der Waals surface area contributed by atoms with Gasteiger partial charge in [0.05, 0.1) is 10.8 Å². The van der Waals surface area contributed by atoms with Gasteiger partial charge in [-0.05, 0) is 67.8 Å². The van der Waals surface area contributed by atoms with Gasteiger partial charge in [-0.2, -0.15) is 0 Å². The van der Waals surface area contributed by atoms with Gasteiger partial charge in [0.15, 0.2) is 9.84 Å². The summed E-state index contributed by atoms with van der Waals surface area (Å²) in [6.45, 7) is 3.19. The minimum Gasteiger partial charge on any atom is -0.340 e. The number of carbonyl (C=O) groups is 2. The molecule has 3 aromatic rings. The lowest BCUT2D eigenvalue weighted by atomic mass is 9.97. The molecule has 0 saturated carbocycles. The first-order chi connectivity index (χ1) is 16.7. The van der Waals surface area contributed by atoms with Gasteiger partial charge in [0.1, 0.15) is 0 Å². The predicted octanol–water partition coefficient (Wildman–Crippen LogP) is 3.30. The van der Waals surface area contributed by atoms with Crippen molar-refractivity contribution in [1.29, 1.82) is 0 Å². The Morgan fingerprint density at radius 3 is 2.51 bits per heavy atom. The van der Waals surface area contributed by atoms with E-state index in [-0.39, 0.29) is 22.3 Å². The van der Waals surface area contributed by atoms with Crippen molar-refractivity contribution in [2.45, 2.75) is 24.7 Å². The SMILES string of the molecule is Cc1cc(NC(=O)[C@H]2CCCN(c3ncccn3)C2)ccc1NC(=O)c1cccc(S(C)(=O)=O)c1. The standard InChI is InChI=1S/C25H27N5O4S/c1-17-14-20(28-24(32)19-7-4-13-30(16-19)25-26-11-5-12-27-25)9-10-22(17)29-23(31)18-6-3-8-21(15-18)35(2,33)34/h3,5-6,8-12,14-15,19H,4,7,13,16H2,1-2H3,(H,28,32)(H,29,31)/t19-/m0/s1. The third kappa shape index (κ3) is 6.02. The number of anilines is 3. The summed E-state index contributed by atoms with van der Waals surface area (Å²) in [5.41, 5.74) is 2.22. The van der Waals surface area contributed by atoms with Crippen LogP contribution in [0.15, 0.2) is 65.8 Å². The van der Waals surface area contributed by atoms with E-state index < -0.39 is 15.7 Å². The quantitative estimate of drug-likeness (QED) is 0.540. The number of sulfone groups is 1. The van der Waals surface area contributed by atoms with Crippen molar-refractivity contribution in [2.24, 2.45) is 5.92 Å². The van der Waals surface area contributed by atoms with Crippen LogP contribution in [0.2, 0.25) is 0 Å². The Balaban J connectivity index is 1.40. The summed E-state index contributed by atoms with van der Waals surface area (Å²) >= 11 is 0. The van der Waals surface area contributed by atoms with Crippen molar-refractivity contribution in [3.05, 3.63) is 72.1 Å². The highest BCUT2D eigenvalue weighted by Crippen LogP contribution is 2.24. The lowest BCUT2D eigenvalue weighted by molar-refractivity contribution is -0.120. The van der Waals surface area contributed by atoms with E-state index in [1.54, 1.807) is 42.7 Å². The minimum absolute atomic E-state index is 0.0700. The van der Waals surface area contributed by atoms with E-state index in [4.69, 9.17) is 0 Å². The second kappa shape index (κ2) is 10.2. The molecule has 10 heteroatoms. The molecule has 0 aliphatic carbocycles. The van der Waals surface area contributed by atoms with Gasteiger partial charge < -0.3 is 15.5 Å². The van der Waals surface area contributed by atoms with Crippen LogP contribution >= 0.6 is 0 Å². The average molecular weight is 494 g/mol. The van der Waals surface area contributed by atoms with Crippen molar-refractivity contribution >= 4 is 39.0 Å². The van der Waals surface area contributed by atoms with Gasteiger partial charge in [0, 0.05) is 48.7 Å². The number of aromatic nitrogens is 2. The van der Waals surface area contributed by atoms with Crippen LogP contribution in [0.4, 0.5) is 17.3 Å². The van der Waals surface area contributed by atoms with Gasteiger partial charge in [0.25, 0.3) is 5.91 Å². The number of hydrogen-bond acceptors (Lipinski definition) is 7. The first-order valence-electron chi connectivity index (χ1n) is 11.3. The molecule has 1 aliphatic rings. The summed E-state index contributed by atoms with van der Waals surface area (Å²) < 4.78 is 23.6. The second-order valence-corrected chi connectivity index (χ2v) is 10.6. The number of nitrogens with zero attached hydrogens (tertiary/aromatic N) is 3. The van der Waals surface area contributed by atoms with Gasteiger partial charge >= 0.3 is 0 Å². The lowest BCUT2D eigenvalue weighted by Crippen LogP contribution is -2.41. The fourth-order valence-electron chi connectivity index (χ4n) is 4.02. The highest BCUT2D eigenvalue weighted by Gasteiger charge is 2.27. The Bertz CT molecular complexity index is 1340. The van der Waals surface area contributed by atoms with Crippen molar-refractivity contribution in [3.8, 4) is 0 Å². The fourth-order valence-corrected chi connectivity index (χ4v) is 4.68. The molecule has 4 rings (SSSR count). The highest BCUT2D eigenvalue weighted by molar-refractivity contribution is 7.90. The molecule has 0 unspecified atom stereocenters. The summed E-state index contributed by atoms with van der Waals surface area (Å²) in [6.07, 6.45) is 6.15. The number of hydrogen-bond donors (Lipinski definition) is 2. The number of aryl methyl sites for hydroxylation is 1. The number of benzene rings is 2. The first kappa shape index (κ1) is 24.3. The van der Waals surface area contributed by atoms with Crippen LogP contribution in [-0.4, -0.2) is 49.5 Å². The molecule has 1 aliphatic heterocycles. The zero-order chi connectivity index (χ0) is 25.0. The molecule has 0 radical (unpaired) electrons. The lowest BCUT2D eigenvalue weighted by Gasteiger charge is -2.31. The zero-order valence-electron chi connectivity index (χ0n) is 19.6. The molecule has 9 nitrogen and oxygen atoms in total. The van der Waals surface area contributed by atoms with E-state index in [0.717, 1.165) is 31.2 Å². The largest absolute Gasteiger partial charge is 0.340 e. The van der Waals surface area contributed by atoms with Crippen LogP contribution in [-0.2, 0) is 14.6 Å². The molecule has 1 saturated heterocycles. The van der Waals surface area contributed by atoms with Crippen LogP contribution in [0, 0.1) is 12.8 Å². The van der Waals surface area contributed by atoms with E-state index >= 15 is 0 Å². The summed E-state index contributed by atoms with van der Waals surface area (Å²) in [6, 6.07) is 12.9.